The summed E-state index contributed by atoms with van der Waals surface area (Å²) in [7, 11) is 0. The van der Waals surface area contributed by atoms with Gasteiger partial charge < -0.3 is 9.47 Å². The Kier molecular flexibility index (Phi) is 5.03. The molecular formula is C20H19ClFN3O3. The van der Waals surface area contributed by atoms with Crippen molar-refractivity contribution in [1.29, 1.82) is 0 Å². The number of hydrogen-bond acceptors (Lipinski definition) is 5. The van der Waals surface area contributed by atoms with Crippen LogP contribution < -0.4 is 0 Å². The Labute approximate surface area is 166 Å². The molecule has 8 heteroatoms. The third-order valence-corrected chi connectivity index (χ3v) is 5.43. The summed E-state index contributed by atoms with van der Waals surface area (Å²) >= 11 is 6.04. The molecule has 1 aliphatic rings. The van der Waals surface area contributed by atoms with Gasteiger partial charge in [0.15, 0.2) is 18.1 Å². The van der Waals surface area contributed by atoms with E-state index in [2.05, 4.69) is 9.97 Å². The largest absolute Gasteiger partial charge is 0.454 e. The Bertz CT molecular complexity index is 1010. The second-order valence-electron chi connectivity index (χ2n) is 6.82. The number of esters is 1. The van der Waals surface area contributed by atoms with Gasteiger partial charge in [0, 0.05) is 12.1 Å². The van der Waals surface area contributed by atoms with E-state index in [4.69, 9.17) is 21.1 Å². The molecule has 0 amide bonds. The number of benzene rings is 1. The number of fused-ring (bicyclic) bond motifs is 1. The van der Waals surface area contributed by atoms with Crippen molar-refractivity contribution in [2.75, 3.05) is 0 Å². The monoisotopic (exact) mass is 403 g/mol. The molecular weight excluding hydrogens is 385 g/mol. The van der Waals surface area contributed by atoms with E-state index in [0.717, 1.165) is 6.42 Å². The highest BCUT2D eigenvalue weighted by atomic mass is 35.5. The normalized spacial score (nSPS) is 24.6. The van der Waals surface area contributed by atoms with Gasteiger partial charge in [0.2, 0.25) is 0 Å². The number of rotatable bonds is 4. The molecule has 3 aromatic rings. The predicted molar refractivity (Wildman–Crippen MR) is 102 cm³/mol. The minimum absolute atomic E-state index is 0.0252. The lowest BCUT2D eigenvalue weighted by Gasteiger charge is -2.23. The highest BCUT2D eigenvalue weighted by molar-refractivity contribution is 6.34. The summed E-state index contributed by atoms with van der Waals surface area (Å²) in [6.07, 6.45) is 1.79. The molecule has 4 rings (SSSR count). The van der Waals surface area contributed by atoms with E-state index >= 15 is 0 Å². The smallest absolute Gasteiger partial charge is 0.338 e. The molecule has 0 saturated carbocycles. The van der Waals surface area contributed by atoms with Gasteiger partial charge in [0.1, 0.15) is 17.1 Å². The minimum atomic E-state index is -0.717. The maximum Gasteiger partial charge on any atom is 0.338 e. The van der Waals surface area contributed by atoms with Crippen LogP contribution in [0.25, 0.3) is 11.0 Å². The number of carbonyl (C=O) groups excluding carboxylic acids is 1. The SMILES string of the molecule is CC[C@H]1O[C@@H](n2cc(F)c3c(Cl)ncnc32)[C@H](OC(=O)c2ccccc2)[C@@H]1C. The predicted octanol–water partition coefficient (Wildman–Crippen LogP) is 4.39. The standard InChI is InChI=1S/C20H19ClFN3O3/c1-3-14-11(2)16(28-20(26)12-7-5-4-6-8-12)19(27-14)25-9-13(22)15-17(21)23-10-24-18(15)25/h4-11,14,16,19H,3H2,1-2H3/t11-,14-,16-,19-/m1/s1. The van der Waals surface area contributed by atoms with Crippen LogP contribution in [0.5, 0.6) is 0 Å². The van der Waals surface area contributed by atoms with Gasteiger partial charge in [-0.1, -0.05) is 43.6 Å². The number of halogens is 2. The van der Waals surface area contributed by atoms with Crippen molar-refractivity contribution in [2.45, 2.75) is 38.7 Å². The molecule has 1 aliphatic heterocycles. The van der Waals surface area contributed by atoms with E-state index in [9.17, 15) is 9.18 Å². The first-order chi connectivity index (χ1) is 13.5. The fraction of sp³-hybridized carbons (Fsp3) is 0.350. The number of carbonyl (C=O) groups is 1. The van der Waals surface area contributed by atoms with E-state index in [1.165, 1.54) is 17.1 Å². The fourth-order valence-electron chi connectivity index (χ4n) is 3.67. The van der Waals surface area contributed by atoms with E-state index in [1.807, 2.05) is 19.9 Å². The van der Waals surface area contributed by atoms with Gasteiger partial charge in [-0.25, -0.2) is 19.2 Å². The molecule has 0 radical (unpaired) electrons. The van der Waals surface area contributed by atoms with Gasteiger partial charge in [-0.15, -0.1) is 0 Å². The Morgan fingerprint density at radius 1 is 1.32 bits per heavy atom. The van der Waals surface area contributed by atoms with Crippen molar-refractivity contribution < 1.29 is 18.7 Å². The second-order valence-corrected chi connectivity index (χ2v) is 7.17. The van der Waals surface area contributed by atoms with Crippen LogP contribution in [0, 0.1) is 11.7 Å². The average Bonchev–Trinajstić information content (AvgIpc) is 3.20. The third kappa shape index (κ3) is 3.14. The Hall–Kier alpha value is -2.51. The van der Waals surface area contributed by atoms with E-state index in [-0.39, 0.29) is 22.6 Å². The molecule has 0 spiro atoms. The van der Waals surface area contributed by atoms with Gasteiger partial charge in [-0.2, -0.15) is 0 Å². The topological polar surface area (TPSA) is 66.2 Å². The highest BCUT2D eigenvalue weighted by Gasteiger charge is 2.45. The number of hydrogen-bond donors (Lipinski definition) is 0. The first kappa shape index (κ1) is 18.8. The number of aromatic nitrogens is 3. The van der Waals surface area contributed by atoms with Crippen LogP contribution in [0.2, 0.25) is 5.15 Å². The molecule has 0 unspecified atom stereocenters. The molecule has 28 heavy (non-hydrogen) atoms. The average molecular weight is 404 g/mol. The zero-order valence-electron chi connectivity index (χ0n) is 15.4. The zero-order valence-corrected chi connectivity index (χ0v) is 16.1. The van der Waals surface area contributed by atoms with Gasteiger partial charge in [0.05, 0.1) is 17.1 Å². The molecule has 4 atom stereocenters. The fourth-order valence-corrected chi connectivity index (χ4v) is 3.89. The summed E-state index contributed by atoms with van der Waals surface area (Å²) in [5.41, 5.74) is 0.745. The van der Waals surface area contributed by atoms with E-state index in [0.29, 0.717) is 11.2 Å². The first-order valence-corrected chi connectivity index (χ1v) is 9.47. The summed E-state index contributed by atoms with van der Waals surface area (Å²) < 4.78 is 28.0. The van der Waals surface area contributed by atoms with Gasteiger partial charge >= 0.3 is 5.97 Å². The molecule has 3 heterocycles. The van der Waals surface area contributed by atoms with Crippen molar-refractivity contribution in [1.82, 2.24) is 14.5 Å². The molecule has 2 aromatic heterocycles. The maximum absolute atomic E-state index is 14.5. The van der Waals surface area contributed by atoms with E-state index in [1.54, 1.807) is 24.3 Å². The van der Waals surface area contributed by atoms with Crippen molar-refractivity contribution >= 4 is 28.6 Å². The first-order valence-electron chi connectivity index (χ1n) is 9.09. The third-order valence-electron chi connectivity index (χ3n) is 5.15. The Morgan fingerprint density at radius 2 is 2.07 bits per heavy atom. The second kappa shape index (κ2) is 7.48. The molecule has 0 aliphatic carbocycles. The van der Waals surface area contributed by atoms with Crippen molar-refractivity contribution in [2.24, 2.45) is 5.92 Å². The van der Waals surface area contributed by atoms with Crippen LogP contribution in [0.1, 0.15) is 36.9 Å². The van der Waals surface area contributed by atoms with Crippen molar-refractivity contribution in [3.63, 3.8) is 0 Å². The van der Waals surface area contributed by atoms with Crippen LogP contribution in [0.4, 0.5) is 4.39 Å². The van der Waals surface area contributed by atoms with Crippen molar-refractivity contribution in [3.05, 3.63) is 59.4 Å². The van der Waals surface area contributed by atoms with Gasteiger partial charge in [0.25, 0.3) is 0 Å². The molecule has 6 nitrogen and oxygen atoms in total. The Morgan fingerprint density at radius 3 is 2.79 bits per heavy atom. The summed E-state index contributed by atoms with van der Waals surface area (Å²) in [5.74, 6) is -1.09. The summed E-state index contributed by atoms with van der Waals surface area (Å²) in [6.45, 7) is 3.95. The number of nitrogens with zero attached hydrogens (tertiary/aromatic N) is 3. The van der Waals surface area contributed by atoms with Crippen LogP contribution in [0.15, 0.2) is 42.9 Å². The summed E-state index contributed by atoms with van der Waals surface area (Å²) in [4.78, 5) is 20.6. The number of ether oxygens (including phenoxy) is 2. The van der Waals surface area contributed by atoms with Crippen LogP contribution in [-0.2, 0) is 9.47 Å². The van der Waals surface area contributed by atoms with Crippen molar-refractivity contribution in [3.8, 4) is 0 Å². The van der Waals surface area contributed by atoms with E-state index < -0.39 is 24.1 Å². The lowest BCUT2D eigenvalue weighted by Crippen LogP contribution is -2.30. The summed E-state index contributed by atoms with van der Waals surface area (Å²) in [5, 5.41) is 0.144. The maximum atomic E-state index is 14.5. The summed E-state index contributed by atoms with van der Waals surface area (Å²) in [6, 6.07) is 8.74. The lowest BCUT2D eigenvalue weighted by atomic mass is 9.98. The van der Waals surface area contributed by atoms with Crippen LogP contribution in [-0.4, -0.2) is 32.7 Å². The molecule has 146 valence electrons. The van der Waals surface area contributed by atoms with Crippen LogP contribution >= 0.6 is 11.6 Å². The van der Waals surface area contributed by atoms with Gasteiger partial charge in [-0.3, -0.25) is 4.57 Å². The quantitative estimate of drug-likeness (QED) is 0.477. The van der Waals surface area contributed by atoms with Crippen LogP contribution in [0.3, 0.4) is 0 Å². The molecule has 1 aromatic carbocycles. The molecule has 1 fully saturated rings. The highest BCUT2D eigenvalue weighted by Crippen LogP contribution is 2.40. The minimum Gasteiger partial charge on any atom is -0.454 e. The lowest BCUT2D eigenvalue weighted by molar-refractivity contribution is -0.0468. The van der Waals surface area contributed by atoms with Gasteiger partial charge in [-0.05, 0) is 18.6 Å². The molecule has 0 bridgehead atoms. The Balaban J connectivity index is 1.72. The molecule has 1 saturated heterocycles. The zero-order chi connectivity index (χ0) is 19.8. The molecule has 0 N–H and O–H groups in total.